The van der Waals surface area contributed by atoms with E-state index in [1.807, 2.05) is 0 Å². The zero-order chi connectivity index (χ0) is 15.9. The van der Waals surface area contributed by atoms with Crippen molar-refractivity contribution in [2.24, 2.45) is 0 Å². The molecule has 0 saturated heterocycles. The normalized spacial score (nSPS) is 10.6. The molecule has 22 heavy (non-hydrogen) atoms. The van der Waals surface area contributed by atoms with Crippen molar-refractivity contribution in [1.29, 1.82) is 0 Å². The highest BCUT2D eigenvalue weighted by atomic mass is 35.5. The van der Waals surface area contributed by atoms with Crippen molar-refractivity contribution in [3.8, 4) is 11.3 Å². The largest absolute Gasteiger partial charge is 0.476 e. The van der Waals surface area contributed by atoms with Crippen LogP contribution in [0.15, 0.2) is 30.5 Å². The van der Waals surface area contributed by atoms with Crippen LogP contribution in [0.5, 0.6) is 0 Å². The highest BCUT2D eigenvalue weighted by Gasteiger charge is 2.15. The summed E-state index contributed by atoms with van der Waals surface area (Å²) in [7, 11) is 1.56. The van der Waals surface area contributed by atoms with E-state index in [-0.39, 0.29) is 18.0 Å². The van der Waals surface area contributed by atoms with Crippen molar-refractivity contribution in [3.05, 3.63) is 46.9 Å². The molecule has 0 spiro atoms. The van der Waals surface area contributed by atoms with Gasteiger partial charge in [0.25, 0.3) is 0 Å². The number of methoxy groups -OCH3 is 1. The summed E-state index contributed by atoms with van der Waals surface area (Å²) in [5.41, 5.74) is 1.52. The Morgan fingerprint density at radius 3 is 2.64 bits per heavy atom. The van der Waals surface area contributed by atoms with Gasteiger partial charge < -0.3 is 14.6 Å². The fourth-order valence-corrected chi connectivity index (χ4v) is 1.90. The second kappa shape index (κ2) is 7.84. The van der Waals surface area contributed by atoms with E-state index in [0.717, 1.165) is 5.56 Å². The number of halogens is 1. The van der Waals surface area contributed by atoms with Gasteiger partial charge >= 0.3 is 5.97 Å². The maximum Gasteiger partial charge on any atom is 0.356 e. The number of hydrogen-bond acceptors (Lipinski definition) is 5. The Labute approximate surface area is 132 Å². The first-order chi connectivity index (χ1) is 10.6. The van der Waals surface area contributed by atoms with Crippen LogP contribution in [0.4, 0.5) is 0 Å². The van der Waals surface area contributed by atoms with Crippen LogP contribution in [0.1, 0.15) is 16.2 Å². The fraction of sp³-hybridized carbons (Fsp3) is 0.267. The fourth-order valence-electron chi connectivity index (χ4n) is 1.78. The summed E-state index contributed by atoms with van der Waals surface area (Å²) in [5, 5.41) is 9.78. The van der Waals surface area contributed by atoms with Gasteiger partial charge in [0.1, 0.15) is 0 Å². The third-order valence-corrected chi connectivity index (χ3v) is 3.11. The molecule has 0 aliphatic rings. The van der Waals surface area contributed by atoms with Crippen LogP contribution in [-0.2, 0) is 16.1 Å². The molecule has 2 aromatic rings. The molecule has 2 rings (SSSR count). The topological polar surface area (TPSA) is 81.5 Å². The quantitative estimate of drug-likeness (QED) is 0.789. The van der Waals surface area contributed by atoms with E-state index < -0.39 is 5.97 Å². The van der Waals surface area contributed by atoms with Crippen molar-refractivity contribution in [3.63, 3.8) is 0 Å². The summed E-state index contributed by atoms with van der Waals surface area (Å²) in [5.74, 6) is -1.14. The summed E-state index contributed by atoms with van der Waals surface area (Å²) < 4.78 is 10.2. The molecule has 1 N–H and O–H groups in total. The third kappa shape index (κ3) is 4.24. The van der Waals surface area contributed by atoms with Crippen molar-refractivity contribution in [2.75, 3.05) is 20.3 Å². The number of rotatable bonds is 7. The van der Waals surface area contributed by atoms with Gasteiger partial charge in [0.2, 0.25) is 0 Å². The van der Waals surface area contributed by atoms with Crippen LogP contribution in [-0.4, -0.2) is 41.4 Å². The van der Waals surface area contributed by atoms with Crippen molar-refractivity contribution in [1.82, 2.24) is 9.97 Å². The van der Waals surface area contributed by atoms with E-state index in [9.17, 15) is 4.79 Å². The van der Waals surface area contributed by atoms with E-state index in [2.05, 4.69) is 9.97 Å². The lowest BCUT2D eigenvalue weighted by molar-refractivity contribution is 0.0571. The number of hydrogen-bond donors (Lipinski definition) is 1. The second-order valence-electron chi connectivity index (χ2n) is 4.41. The molecule has 0 aliphatic carbocycles. The zero-order valence-corrected chi connectivity index (χ0v) is 12.7. The lowest BCUT2D eigenvalue weighted by Gasteiger charge is -2.08. The van der Waals surface area contributed by atoms with Gasteiger partial charge in [0, 0.05) is 17.7 Å². The van der Waals surface area contributed by atoms with Crippen LogP contribution in [0.3, 0.4) is 0 Å². The second-order valence-corrected chi connectivity index (χ2v) is 4.84. The average Bonchev–Trinajstić information content (AvgIpc) is 2.52. The Hall–Kier alpha value is -2.02. The number of carboxylic acids is 1. The van der Waals surface area contributed by atoms with Gasteiger partial charge in [-0.1, -0.05) is 23.7 Å². The summed E-state index contributed by atoms with van der Waals surface area (Å²) in [4.78, 5) is 19.5. The first-order valence-corrected chi connectivity index (χ1v) is 6.91. The molecule has 0 radical (unpaired) electrons. The van der Waals surface area contributed by atoms with E-state index in [1.165, 1.54) is 6.20 Å². The molecule has 116 valence electrons. The predicted octanol–water partition coefficient (Wildman–Crippen LogP) is 2.66. The Morgan fingerprint density at radius 1 is 1.27 bits per heavy atom. The standard InChI is InChI=1S/C15H15ClN2O4/c1-21-6-7-22-9-13-14(15(19)20)17-8-12(18-13)10-2-4-11(16)5-3-10/h2-5,8H,6-7,9H2,1H3,(H,19,20). The van der Waals surface area contributed by atoms with Crippen LogP contribution >= 0.6 is 11.6 Å². The molecule has 0 atom stereocenters. The number of carboxylic acid groups (broad SMARTS) is 1. The molecule has 0 saturated carbocycles. The summed E-state index contributed by atoms with van der Waals surface area (Å²) in [6.07, 6.45) is 1.42. The van der Waals surface area contributed by atoms with Crippen LogP contribution < -0.4 is 0 Å². The van der Waals surface area contributed by atoms with E-state index in [1.54, 1.807) is 31.4 Å². The number of carbonyl (C=O) groups is 1. The molecular formula is C15H15ClN2O4. The third-order valence-electron chi connectivity index (χ3n) is 2.86. The minimum absolute atomic E-state index is 0.0550. The SMILES string of the molecule is COCCOCc1nc(-c2ccc(Cl)cc2)cnc1C(=O)O. The molecule has 0 bridgehead atoms. The average molecular weight is 323 g/mol. The van der Waals surface area contributed by atoms with Gasteiger partial charge in [0.15, 0.2) is 5.69 Å². The minimum atomic E-state index is -1.14. The smallest absolute Gasteiger partial charge is 0.356 e. The summed E-state index contributed by atoms with van der Waals surface area (Å²) in [6.45, 7) is 0.828. The van der Waals surface area contributed by atoms with Gasteiger partial charge in [-0.2, -0.15) is 0 Å². The zero-order valence-electron chi connectivity index (χ0n) is 12.0. The lowest BCUT2D eigenvalue weighted by Crippen LogP contribution is -2.11. The molecule has 7 heteroatoms. The summed E-state index contributed by atoms with van der Waals surface area (Å²) >= 11 is 5.85. The number of ether oxygens (including phenoxy) is 2. The Balaban J connectivity index is 2.25. The lowest BCUT2D eigenvalue weighted by atomic mass is 10.1. The number of aromatic nitrogens is 2. The van der Waals surface area contributed by atoms with Gasteiger partial charge in [-0.15, -0.1) is 0 Å². The molecule has 0 fully saturated rings. The van der Waals surface area contributed by atoms with Crippen molar-refractivity contribution >= 4 is 17.6 Å². The van der Waals surface area contributed by atoms with Gasteiger partial charge in [-0.25, -0.2) is 14.8 Å². The van der Waals surface area contributed by atoms with Crippen molar-refractivity contribution in [2.45, 2.75) is 6.61 Å². The Kier molecular flexibility index (Phi) is 5.83. The van der Waals surface area contributed by atoms with E-state index in [4.69, 9.17) is 26.2 Å². The highest BCUT2D eigenvalue weighted by molar-refractivity contribution is 6.30. The molecule has 1 aromatic heterocycles. The van der Waals surface area contributed by atoms with E-state index in [0.29, 0.717) is 23.9 Å². The monoisotopic (exact) mass is 322 g/mol. The Bertz CT molecular complexity index is 646. The first-order valence-electron chi connectivity index (χ1n) is 6.53. The highest BCUT2D eigenvalue weighted by Crippen LogP contribution is 2.20. The maximum absolute atomic E-state index is 11.2. The number of aromatic carboxylic acids is 1. The minimum Gasteiger partial charge on any atom is -0.476 e. The molecule has 1 heterocycles. The molecule has 0 unspecified atom stereocenters. The van der Waals surface area contributed by atoms with Crippen LogP contribution in [0.25, 0.3) is 11.3 Å². The summed E-state index contributed by atoms with van der Waals surface area (Å²) in [6, 6.07) is 7.06. The van der Waals surface area contributed by atoms with E-state index >= 15 is 0 Å². The first kappa shape index (κ1) is 16.4. The molecule has 0 amide bonds. The number of benzene rings is 1. The maximum atomic E-state index is 11.2. The predicted molar refractivity (Wildman–Crippen MR) is 81.0 cm³/mol. The van der Waals surface area contributed by atoms with Gasteiger partial charge in [0.05, 0.1) is 37.4 Å². The van der Waals surface area contributed by atoms with Gasteiger partial charge in [-0.05, 0) is 12.1 Å². The molecular weight excluding hydrogens is 308 g/mol. The molecule has 6 nitrogen and oxygen atoms in total. The molecule has 1 aromatic carbocycles. The van der Waals surface area contributed by atoms with Gasteiger partial charge in [-0.3, -0.25) is 0 Å². The van der Waals surface area contributed by atoms with Crippen LogP contribution in [0, 0.1) is 0 Å². The van der Waals surface area contributed by atoms with Crippen LogP contribution in [0.2, 0.25) is 5.02 Å². The van der Waals surface area contributed by atoms with Crippen molar-refractivity contribution < 1.29 is 19.4 Å². The Morgan fingerprint density at radius 2 is 2.00 bits per heavy atom. The number of nitrogens with zero attached hydrogens (tertiary/aromatic N) is 2. The molecule has 0 aliphatic heterocycles.